The predicted octanol–water partition coefficient (Wildman–Crippen LogP) is 2.62. The first kappa shape index (κ1) is 17.2. The number of nitrogens with two attached hydrogens (primary N) is 1. The van der Waals surface area contributed by atoms with E-state index < -0.39 is 29.5 Å². The molecule has 0 bridgehead atoms. The minimum Gasteiger partial charge on any atom is -0.444 e. The Morgan fingerprint density at radius 3 is 2.57 bits per heavy atom. The second-order valence-corrected chi connectivity index (χ2v) is 5.45. The molecule has 1 rings (SSSR count). The Hall–Kier alpha value is -1.83. The number of hydrogen-bond donors (Lipinski definition) is 2. The van der Waals surface area contributed by atoms with Gasteiger partial charge in [-0.05, 0) is 32.4 Å². The fourth-order valence-corrected chi connectivity index (χ4v) is 1.58. The molecule has 3 N–H and O–H groups in total. The maximum Gasteiger partial charge on any atom is 0.418 e. The lowest BCUT2D eigenvalue weighted by atomic mass is 10.0. The molecule has 0 saturated heterocycles. The van der Waals surface area contributed by atoms with Crippen LogP contribution in [0.4, 0.5) is 18.0 Å². The van der Waals surface area contributed by atoms with E-state index in [0.29, 0.717) is 6.20 Å². The molecule has 0 saturated carbocycles. The van der Waals surface area contributed by atoms with Crippen molar-refractivity contribution in [1.82, 2.24) is 10.3 Å². The number of amides is 1. The molecule has 1 unspecified atom stereocenters. The number of aromatic nitrogens is 1. The van der Waals surface area contributed by atoms with Crippen LogP contribution in [-0.2, 0) is 10.9 Å². The summed E-state index contributed by atoms with van der Waals surface area (Å²) in [6.45, 7) is 4.85. The number of alkyl halides is 3. The van der Waals surface area contributed by atoms with E-state index in [1.54, 1.807) is 20.8 Å². The number of nitrogens with zero attached hydrogens (tertiary/aromatic N) is 1. The fraction of sp³-hybridized carbons (Fsp3) is 0.538. The van der Waals surface area contributed by atoms with E-state index in [9.17, 15) is 18.0 Å². The van der Waals surface area contributed by atoms with Gasteiger partial charge in [-0.2, -0.15) is 13.2 Å². The summed E-state index contributed by atoms with van der Waals surface area (Å²) in [4.78, 5) is 14.9. The average molecular weight is 305 g/mol. The quantitative estimate of drug-likeness (QED) is 0.900. The second-order valence-electron chi connectivity index (χ2n) is 5.45. The Balaban J connectivity index is 2.73. The van der Waals surface area contributed by atoms with Crippen molar-refractivity contribution in [3.8, 4) is 0 Å². The zero-order chi connectivity index (χ0) is 16.3. The Kier molecular flexibility index (Phi) is 5.16. The monoisotopic (exact) mass is 305 g/mol. The standard InChI is InChI=1S/C13H18F3N3O2/c1-12(2,3)21-11(20)19-7-10(17)8-4-5-18-6-9(8)13(14,15)16/h4-6,10H,7,17H2,1-3H3,(H,19,20). The Morgan fingerprint density at radius 1 is 1.43 bits per heavy atom. The third-order valence-electron chi connectivity index (χ3n) is 2.42. The maximum atomic E-state index is 12.8. The molecule has 0 aromatic carbocycles. The highest BCUT2D eigenvalue weighted by atomic mass is 19.4. The van der Waals surface area contributed by atoms with Gasteiger partial charge in [0.15, 0.2) is 0 Å². The highest BCUT2D eigenvalue weighted by molar-refractivity contribution is 5.67. The van der Waals surface area contributed by atoms with E-state index in [4.69, 9.17) is 10.5 Å². The van der Waals surface area contributed by atoms with Gasteiger partial charge < -0.3 is 15.8 Å². The summed E-state index contributed by atoms with van der Waals surface area (Å²) in [5, 5.41) is 2.34. The van der Waals surface area contributed by atoms with Crippen LogP contribution in [0.25, 0.3) is 0 Å². The maximum absolute atomic E-state index is 12.8. The number of nitrogens with one attached hydrogen (secondary N) is 1. The van der Waals surface area contributed by atoms with Crippen LogP contribution in [0.15, 0.2) is 18.5 Å². The van der Waals surface area contributed by atoms with E-state index in [1.807, 2.05) is 0 Å². The fourth-order valence-electron chi connectivity index (χ4n) is 1.58. The molecule has 1 aromatic rings. The van der Waals surface area contributed by atoms with Crippen molar-refractivity contribution in [2.45, 2.75) is 38.6 Å². The molecule has 0 spiro atoms. The van der Waals surface area contributed by atoms with Gasteiger partial charge in [-0.15, -0.1) is 0 Å². The summed E-state index contributed by atoms with van der Waals surface area (Å²) in [6, 6.07) is 0.168. The van der Waals surface area contributed by atoms with Crippen molar-refractivity contribution in [3.05, 3.63) is 29.6 Å². The lowest BCUT2D eigenvalue weighted by Gasteiger charge is -2.22. The van der Waals surface area contributed by atoms with Gasteiger partial charge in [0.1, 0.15) is 5.60 Å². The zero-order valence-corrected chi connectivity index (χ0v) is 12.0. The van der Waals surface area contributed by atoms with Gasteiger partial charge >= 0.3 is 12.3 Å². The Bertz CT molecular complexity index is 498. The van der Waals surface area contributed by atoms with E-state index in [1.165, 1.54) is 12.3 Å². The number of pyridine rings is 1. The number of carbonyl (C=O) groups excluding carboxylic acids is 1. The van der Waals surface area contributed by atoms with Crippen molar-refractivity contribution >= 4 is 6.09 Å². The largest absolute Gasteiger partial charge is 0.444 e. The first-order chi connectivity index (χ1) is 9.50. The lowest BCUT2D eigenvalue weighted by Crippen LogP contribution is -2.37. The van der Waals surface area contributed by atoms with Crippen molar-refractivity contribution in [2.75, 3.05) is 6.54 Å². The molecular formula is C13H18F3N3O2. The summed E-state index contributed by atoms with van der Waals surface area (Å²) < 4.78 is 43.4. The van der Waals surface area contributed by atoms with Crippen LogP contribution in [0.3, 0.4) is 0 Å². The molecule has 1 atom stereocenters. The number of ether oxygens (including phenoxy) is 1. The van der Waals surface area contributed by atoms with E-state index in [-0.39, 0.29) is 12.1 Å². The number of halogens is 3. The molecule has 0 fully saturated rings. The van der Waals surface area contributed by atoms with Gasteiger partial charge in [-0.25, -0.2) is 4.79 Å². The lowest BCUT2D eigenvalue weighted by molar-refractivity contribution is -0.138. The number of alkyl carbamates (subject to hydrolysis) is 1. The minimum atomic E-state index is -4.55. The summed E-state index contributed by atoms with van der Waals surface area (Å²) in [7, 11) is 0. The SMILES string of the molecule is CC(C)(C)OC(=O)NCC(N)c1ccncc1C(F)(F)F. The van der Waals surface area contributed by atoms with Crippen molar-refractivity contribution in [2.24, 2.45) is 5.73 Å². The first-order valence-electron chi connectivity index (χ1n) is 6.24. The van der Waals surface area contributed by atoms with Crippen LogP contribution in [0.2, 0.25) is 0 Å². The van der Waals surface area contributed by atoms with E-state index in [0.717, 1.165) is 0 Å². The van der Waals surface area contributed by atoms with Crippen LogP contribution < -0.4 is 11.1 Å². The third-order valence-corrected chi connectivity index (χ3v) is 2.42. The van der Waals surface area contributed by atoms with Crippen LogP contribution in [-0.4, -0.2) is 23.2 Å². The Morgan fingerprint density at radius 2 is 2.05 bits per heavy atom. The molecule has 8 heteroatoms. The molecule has 5 nitrogen and oxygen atoms in total. The van der Waals surface area contributed by atoms with Crippen molar-refractivity contribution < 1.29 is 22.7 Å². The summed E-state index contributed by atoms with van der Waals surface area (Å²) in [5.74, 6) is 0. The molecule has 0 radical (unpaired) electrons. The normalized spacial score (nSPS) is 13.7. The molecule has 1 aromatic heterocycles. The smallest absolute Gasteiger partial charge is 0.418 e. The van der Waals surface area contributed by atoms with Crippen LogP contribution >= 0.6 is 0 Å². The van der Waals surface area contributed by atoms with Gasteiger partial charge in [0.25, 0.3) is 0 Å². The Labute approximate surface area is 120 Å². The van der Waals surface area contributed by atoms with Crippen molar-refractivity contribution in [1.29, 1.82) is 0 Å². The predicted molar refractivity (Wildman–Crippen MR) is 70.4 cm³/mol. The molecule has 118 valence electrons. The minimum absolute atomic E-state index is 0.131. The number of rotatable bonds is 3. The van der Waals surface area contributed by atoms with Crippen LogP contribution in [0.5, 0.6) is 0 Å². The van der Waals surface area contributed by atoms with Gasteiger partial charge in [-0.3, -0.25) is 4.98 Å². The highest BCUT2D eigenvalue weighted by Crippen LogP contribution is 2.33. The molecule has 0 aliphatic rings. The van der Waals surface area contributed by atoms with Crippen LogP contribution in [0.1, 0.15) is 37.9 Å². The zero-order valence-electron chi connectivity index (χ0n) is 12.0. The van der Waals surface area contributed by atoms with E-state index >= 15 is 0 Å². The molecule has 0 aliphatic heterocycles. The highest BCUT2D eigenvalue weighted by Gasteiger charge is 2.35. The van der Waals surface area contributed by atoms with E-state index in [2.05, 4.69) is 10.3 Å². The molecule has 1 amide bonds. The molecular weight excluding hydrogens is 287 g/mol. The molecule has 21 heavy (non-hydrogen) atoms. The van der Waals surface area contributed by atoms with Crippen molar-refractivity contribution in [3.63, 3.8) is 0 Å². The van der Waals surface area contributed by atoms with Gasteiger partial charge in [0, 0.05) is 25.0 Å². The molecule has 0 aliphatic carbocycles. The van der Waals surface area contributed by atoms with Crippen LogP contribution in [0, 0.1) is 0 Å². The van der Waals surface area contributed by atoms with Gasteiger partial charge in [0.05, 0.1) is 5.56 Å². The summed E-state index contributed by atoms with van der Waals surface area (Å²) in [5.41, 5.74) is 3.97. The number of hydrogen-bond acceptors (Lipinski definition) is 4. The first-order valence-corrected chi connectivity index (χ1v) is 6.24. The molecule has 1 heterocycles. The van der Waals surface area contributed by atoms with Gasteiger partial charge in [-0.1, -0.05) is 0 Å². The summed E-state index contributed by atoms with van der Waals surface area (Å²) in [6.07, 6.45) is -3.35. The topological polar surface area (TPSA) is 77.2 Å². The number of carbonyl (C=O) groups is 1. The average Bonchev–Trinajstić information content (AvgIpc) is 2.33. The summed E-state index contributed by atoms with van der Waals surface area (Å²) >= 11 is 0. The third kappa shape index (κ3) is 5.58. The second kappa shape index (κ2) is 6.30. The van der Waals surface area contributed by atoms with Gasteiger partial charge in [0.2, 0.25) is 0 Å².